The van der Waals surface area contributed by atoms with E-state index in [4.69, 9.17) is 10.6 Å². The number of para-hydroxylation sites is 1. The predicted octanol–water partition coefficient (Wildman–Crippen LogP) is 2.46. The summed E-state index contributed by atoms with van der Waals surface area (Å²) < 4.78 is 0. The lowest BCUT2D eigenvalue weighted by molar-refractivity contribution is -0.122. The lowest BCUT2D eigenvalue weighted by Crippen LogP contribution is -2.32. The molecule has 1 aliphatic rings. The van der Waals surface area contributed by atoms with Crippen molar-refractivity contribution in [2.75, 3.05) is 18.1 Å². The Morgan fingerprint density at radius 2 is 1.96 bits per heavy atom. The normalized spacial score (nSPS) is 13.7. The first kappa shape index (κ1) is 16.1. The molecule has 0 atom stereocenters. The molecule has 2 heterocycles. The van der Waals surface area contributed by atoms with Gasteiger partial charge in [0.15, 0.2) is 12.4 Å². The first-order valence-electron chi connectivity index (χ1n) is 8.42. The summed E-state index contributed by atoms with van der Waals surface area (Å²) in [5, 5.41) is 5.80. The fourth-order valence-electron chi connectivity index (χ4n) is 3.20. The van der Waals surface area contributed by atoms with Crippen molar-refractivity contribution < 1.29 is 9.63 Å². The summed E-state index contributed by atoms with van der Waals surface area (Å²) in [4.78, 5) is 23.6. The van der Waals surface area contributed by atoms with Gasteiger partial charge >= 0.3 is 0 Å². The average Bonchev–Trinajstić information content (AvgIpc) is 3.11. The van der Waals surface area contributed by atoms with Crippen LogP contribution in [0.2, 0.25) is 0 Å². The van der Waals surface area contributed by atoms with E-state index in [2.05, 4.69) is 10.1 Å². The zero-order valence-corrected chi connectivity index (χ0v) is 14.1. The number of rotatable bonds is 4. The predicted molar refractivity (Wildman–Crippen MR) is 101 cm³/mol. The van der Waals surface area contributed by atoms with E-state index >= 15 is 0 Å². The highest BCUT2D eigenvalue weighted by molar-refractivity contribution is 6.07. The number of nitrogens with two attached hydrogens (primary N) is 1. The van der Waals surface area contributed by atoms with Crippen LogP contribution in [0.15, 0.2) is 65.9 Å². The van der Waals surface area contributed by atoms with Crippen LogP contribution in [0.25, 0.3) is 10.8 Å². The number of fused-ring (bicyclic) bond motifs is 2. The first-order valence-corrected chi connectivity index (χ1v) is 8.42. The zero-order chi connectivity index (χ0) is 17.9. The number of nitrogens with zero attached hydrogens (tertiary/aromatic N) is 3. The molecule has 0 unspecified atom stereocenters. The minimum Gasteiger partial charge on any atom is -0.384 e. The molecule has 1 aliphatic heterocycles. The smallest absolute Gasteiger partial charge is 0.267 e. The van der Waals surface area contributed by atoms with E-state index in [1.54, 1.807) is 11.1 Å². The number of hydrogen-bond donors (Lipinski definition) is 1. The molecular weight excluding hydrogens is 328 g/mol. The molecule has 1 amide bonds. The van der Waals surface area contributed by atoms with E-state index in [-0.39, 0.29) is 18.3 Å². The van der Waals surface area contributed by atoms with Crippen LogP contribution in [0.4, 0.5) is 5.69 Å². The molecule has 0 fully saturated rings. The zero-order valence-electron chi connectivity index (χ0n) is 14.1. The average molecular weight is 346 g/mol. The lowest BCUT2D eigenvalue weighted by atomic mass is 10.1. The Bertz CT molecular complexity index is 995. The number of carbonyl (C=O) groups excluding carboxylic acids is 1. The van der Waals surface area contributed by atoms with Gasteiger partial charge in [0.1, 0.15) is 5.69 Å². The number of aromatic nitrogens is 1. The molecule has 130 valence electrons. The number of amides is 1. The van der Waals surface area contributed by atoms with Gasteiger partial charge in [-0.05, 0) is 29.5 Å². The number of benzene rings is 2. The van der Waals surface area contributed by atoms with E-state index in [9.17, 15) is 4.79 Å². The maximum Gasteiger partial charge on any atom is 0.267 e. The summed E-state index contributed by atoms with van der Waals surface area (Å²) in [6, 6.07) is 17.5. The topological polar surface area (TPSA) is 80.8 Å². The number of anilines is 1. The summed E-state index contributed by atoms with van der Waals surface area (Å²) in [6.45, 7) is 0.491. The minimum atomic E-state index is -0.167. The summed E-state index contributed by atoms with van der Waals surface area (Å²) in [6.07, 6.45) is 2.53. The molecule has 2 aromatic carbocycles. The van der Waals surface area contributed by atoms with Crippen LogP contribution in [0.5, 0.6) is 0 Å². The van der Waals surface area contributed by atoms with E-state index in [1.165, 1.54) is 5.56 Å². The van der Waals surface area contributed by atoms with Gasteiger partial charge in [0.05, 0.1) is 0 Å². The third kappa shape index (κ3) is 2.97. The van der Waals surface area contributed by atoms with Gasteiger partial charge in [-0.15, -0.1) is 0 Å². The SMILES string of the molecule is NC(=NOCC(=O)N1CCc2ccccc21)c1nccc2ccccc12. The van der Waals surface area contributed by atoms with Crippen molar-refractivity contribution >= 4 is 28.2 Å². The Morgan fingerprint density at radius 1 is 1.15 bits per heavy atom. The van der Waals surface area contributed by atoms with Gasteiger partial charge in [0.2, 0.25) is 0 Å². The maximum atomic E-state index is 12.4. The number of pyridine rings is 1. The van der Waals surface area contributed by atoms with Gasteiger partial charge in [-0.25, -0.2) is 0 Å². The van der Waals surface area contributed by atoms with E-state index < -0.39 is 0 Å². The summed E-state index contributed by atoms with van der Waals surface area (Å²) in [7, 11) is 0. The van der Waals surface area contributed by atoms with Crippen molar-refractivity contribution in [1.29, 1.82) is 0 Å². The Labute approximate surface area is 150 Å². The van der Waals surface area contributed by atoms with Gasteiger partial charge in [0.25, 0.3) is 5.91 Å². The van der Waals surface area contributed by atoms with Crippen LogP contribution >= 0.6 is 0 Å². The molecule has 0 aliphatic carbocycles. The van der Waals surface area contributed by atoms with Gasteiger partial charge < -0.3 is 15.5 Å². The lowest BCUT2D eigenvalue weighted by Gasteiger charge is -2.16. The van der Waals surface area contributed by atoms with Crippen molar-refractivity contribution in [3.63, 3.8) is 0 Å². The first-order chi connectivity index (χ1) is 12.7. The second-order valence-corrected chi connectivity index (χ2v) is 6.05. The van der Waals surface area contributed by atoms with Crippen LogP contribution in [-0.2, 0) is 16.1 Å². The summed E-state index contributed by atoms with van der Waals surface area (Å²) >= 11 is 0. The number of amidine groups is 1. The monoisotopic (exact) mass is 346 g/mol. The molecule has 6 heteroatoms. The Morgan fingerprint density at radius 3 is 2.88 bits per heavy atom. The highest BCUT2D eigenvalue weighted by Gasteiger charge is 2.24. The van der Waals surface area contributed by atoms with E-state index in [0.717, 1.165) is 22.9 Å². The third-order valence-electron chi connectivity index (χ3n) is 4.46. The molecule has 0 spiro atoms. The van der Waals surface area contributed by atoms with Crippen LogP contribution < -0.4 is 10.6 Å². The van der Waals surface area contributed by atoms with Gasteiger partial charge in [-0.2, -0.15) is 0 Å². The van der Waals surface area contributed by atoms with Gasteiger partial charge in [0, 0.05) is 23.8 Å². The molecule has 0 saturated heterocycles. The largest absolute Gasteiger partial charge is 0.384 e. The molecule has 26 heavy (non-hydrogen) atoms. The molecule has 0 bridgehead atoms. The Kier molecular flexibility index (Phi) is 4.23. The molecule has 1 aromatic heterocycles. The Balaban J connectivity index is 1.46. The van der Waals surface area contributed by atoms with Gasteiger partial charge in [-0.3, -0.25) is 9.78 Å². The second-order valence-electron chi connectivity index (χ2n) is 6.05. The fraction of sp³-hybridized carbons (Fsp3) is 0.150. The van der Waals surface area contributed by atoms with Crippen LogP contribution in [0.3, 0.4) is 0 Å². The molecule has 3 aromatic rings. The van der Waals surface area contributed by atoms with Crippen LogP contribution in [-0.4, -0.2) is 29.9 Å². The number of hydrogen-bond acceptors (Lipinski definition) is 4. The van der Waals surface area contributed by atoms with E-state index in [0.29, 0.717) is 12.2 Å². The summed E-state index contributed by atoms with van der Waals surface area (Å²) in [5.74, 6) is 0.00815. The number of carbonyl (C=O) groups is 1. The van der Waals surface area contributed by atoms with Gasteiger partial charge in [-0.1, -0.05) is 47.6 Å². The quantitative estimate of drug-likeness (QED) is 0.447. The third-order valence-corrected chi connectivity index (χ3v) is 4.46. The second kappa shape index (κ2) is 6.84. The summed E-state index contributed by atoms with van der Waals surface area (Å²) in [5.41, 5.74) is 8.67. The van der Waals surface area contributed by atoms with Crippen molar-refractivity contribution in [3.05, 3.63) is 72.1 Å². The van der Waals surface area contributed by atoms with Crippen molar-refractivity contribution in [1.82, 2.24) is 4.98 Å². The molecule has 2 N–H and O–H groups in total. The molecule has 4 rings (SSSR count). The van der Waals surface area contributed by atoms with Crippen LogP contribution in [0, 0.1) is 0 Å². The Hall–Kier alpha value is -3.41. The van der Waals surface area contributed by atoms with Crippen molar-refractivity contribution in [2.45, 2.75) is 6.42 Å². The fourth-order valence-corrected chi connectivity index (χ4v) is 3.20. The number of oxime groups is 1. The molecule has 0 saturated carbocycles. The minimum absolute atomic E-state index is 0.141. The molecule has 6 nitrogen and oxygen atoms in total. The highest BCUT2D eigenvalue weighted by Crippen LogP contribution is 2.27. The molecule has 0 radical (unpaired) electrons. The van der Waals surface area contributed by atoms with Crippen molar-refractivity contribution in [3.8, 4) is 0 Å². The highest BCUT2D eigenvalue weighted by atomic mass is 16.6. The standard InChI is InChI=1S/C20H18N4O2/c21-20(19-16-7-3-1-5-14(16)9-11-22-19)23-26-13-18(25)24-12-10-15-6-2-4-8-17(15)24/h1-9,11H,10,12-13H2,(H2,21,23). The maximum absolute atomic E-state index is 12.4. The van der Waals surface area contributed by atoms with Crippen LogP contribution in [0.1, 0.15) is 11.3 Å². The van der Waals surface area contributed by atoms with Crippen molar-refractivity contribution in [2.24, 2.45) is 10.9 Å². The molecular formula is C20H18N4O2. The van der Waals surface area contributed by atoms with E-state index in [1.807, 2.05) is 54.6 Å².